The van der Waals surface area contributed by atoms with E-state index < -0.39 is 44.5 Å². The Morgan fingerprint density at radius 2 is 1.91 bits per heavy atom. The summed E-state index contributed by atoms with van der Waals surface area (Å²) in [6, 6.07) is 7.05. The molecule has 0 saturated carbocycles. The number of fused-ring (bicyclic) bond motifs is 1. The van der Waals surface area contributed by atoms with Crippen molar-refractivity contribution < 1.29 is 26.4 Å². The number of aromatic amines is 1. The first-order valence-corrected chi connectivity index (χ1v) is 12.1. The number of sulfonamides is 1. The van der Waals surface area contributed by atoms with E-state index in [1.165, 1.54) is 30.6 Å². The number of H-pyrrole nitrogens is 1. The largest absolute Gasteiger partial charge is 0.345 e. The van der Waals surface area contributed by atoms with Gasteiger partial charge in [0.15, 0.2) is 5.82 Å². The maximum absolute atomic E-state index is 15.1. The third kappa shape index (κ3) is 4.51. The first-order valence-electron chi connectivity index (χ1n) is 10.1. The normalized spacial score (nSPS) is 11.7. The highest BCUT2D eigenvalue weighted by molar-refractivity contribution is 7.92. The Morgan fingerprint density at radius 3 is 2.62 bits per heavy atom. The van der Waals surface area contributed by atoms with Crippen LogP contribution in [0.1, 0.15) is 29.3 Å². The minimum absolute atomic E-state index is 0.0889. The van der Waals surface area contributed by atoms with E-state index in [0.717, 1.165) is 18.2 Å². The lowest BCUT2D eigenvalue weighted by atomic mass is 10.00. The Bertz CT molecular complexity index is 1540. The molecule has 2 aromatic carbocycles. The van der Waals surface area contributed by atoms with Crippen molar-refractivity contribution in [3.63, 3.8) is 0 Å². The summed E-state index contributed by atoms with van der Waals surface area (Å²) in [4.78, 5) is 20.2. The fourth-order valence-electron chi connectivity index (χ4n) is 3.52. The molecule has 0 amide bonds. The molecule has 0 aliphatic rings. The van der Waals surface area contributed by atoms with Crippen LogP contribution >= 0.6 is 11.6 Å². The van der Waals surface area contributed by atoms with Crippen molar-refractivity contribution in [3.8, 4) is 11.1 Å². The zero-order valence-corrected chi connectivity index (χ0v) is 19.2. The fourth-order valence-corrected chi connectivity index (χ4v) is 4.93. The van der Waals surface area contributed by atoms with E-state index in [-0.39, 0.29) is 33.8 Å². The molecule has 0 atom stereocenters. The Hall–Kier alpha value is -3.37. The minimum Gasteiger partial charge on any atom is -0.345 e. The average molecular weight is 508 g/mol. The van der Waals surface area contributed by atoms with Crippen molar-refractivity contribution in [1.82, 2.24) is 9.97 Å². The van der Waals surface area contributed by atoms with Gasteiger partial charge in [-0.15, -0.1) is 0 Å². The lowest BCUT2D eigenvalue weighted by molar-refractivity contribution is 0.103. The van der Waals surface area contributed by atoms with Gasteiger partial charge >= 0.3 is 0 Å². The van der Waals surface area contributed by atoms with Gasteiger partial charge in [0, 0.05) is 34.5 Å². The summed E-state index contributed by atoms with van der Waals surface area (Å²) in [6.07, 6.45) is 2.99. The van der Waals surface area contributed by atoms with Crippen LogP contribution in [0, 0.1) is 17.5 Å². The van der Waals surface area contributed by atoms with Crippen LogP contribution in [-0.4, -0.2) is 29.9 Å². The Kier molecular flexibility index (Phi) is 6.37. The monoisotopic (exact) mass is 507 g/mol. The van der Waals surface area contributed by atoms with Crippen molar-refractivity contribution in [2.24, 2.45) is 0 Å². The highest BCUT2D eigenvalue weighted by atomic mass is 35.5. The van der Waals surface area contributed by atoms with Gasteiger partial charge in [-0.3, -0.25) is 9.52 Å². The lowest BCUT2D eigenvalue weighted by Gasteiger charge is -2.11. The number of nitrogens with zero attached hydrogens (tertiary/aromatic N) is 1. The molecule has 0 fully saturated rings. The third-order valence-electron chi connectivity index (χ3n) is 5.07. The number of ketones is 1. The van der Waals surface area contributed by atoms with E-state index in [4.69, 9.17) is 11.6 Å². The molecule has 0 saturated heterocycles. The van der Waals surface area contributed by atoms with E-state index >= 15 is 4.39 Å². The fraction of sp³-hybridized carbons (Fsp3) is 0.130. The van der Waals surface area contributed by atoms with E-state index in [0.29, 0.717) is 11.1 Å². The number of pyridine rings is 1. The Morgan fingerprint density at radius 1 is 1.15 bits per heavy atom. The van der Waals surface area contributed by atoms with Gasteiger partial charge in [-0.25, -0.2) is 26.6 Å². The number of benzene rings is 2. The predicted octanol–water partition coefficient (Wildman–Crippen LogP) is 5.68. The third-order valence-corrected chi connectivity index (χ3v) is 6.86. The number of rotatable bonds is 7. The summed E-state index contributed by atoms with van der Waals surface area (Å²) in [5, 5.41) is 0.368. The molecule has 0 unspecified atom stereocenters. The molecule has 2 heterocycles. The van der Waals surface area contributed by atoms with Gasteiger partial charge in [-0.2, -0.15) is 0 Å². The quantitative estimate of drug-likeness (QED) is 0.315. The molecular formula is C23H17ClF3N3O3S. The molecule has 6 nitrogen and oxygen atoms in total. The van der Waals surface area contributed by atoms with Gasteiger partial charge < -0.3 is 4.98 Å². The molecule has 0 aliphatic carbocycles. The summed E-state index contributed by atoms with van der Waals surface area (Å²) in [5.41, 5.74) is -0.368. The summed E-state index contributed by atoms with van der Waals surface area (Å²) in [5.74, 6) is -4.29. The topological polar surface area (TPSA) is 91.9 Å². The molecule has 0 radical (unpaired) electrons. The van der Waals surface area contributed by atoms with E-state index in [2.05, 4.69) is 9.97 Å². The van der Waals surface area contributed by atoms with E-state index in [1.807, 2.05) is 4.72 Å². The van der Waals surface area contributed by atoms with E-state index in [1.54, 1.807) is 6.92 Å². The van der Waals surface area contributed by atoms with Crippen LogP contribution in [0.2, 0.25) is 5.02 Å². The SMILES string of the molecule is CCCS(=O)(=O)Nc1ccc(F)c(C(=O)c2c[nH]c3ncc(-c4ccc(F)cc4Cl)cc23)c1F. The molecule has 4 aromatic rings. The molecule has 0 spiro atoms. The summed E-state index contributed by atoms with van der Waals surface area (Å²) in [6.45, 7) is 1.63. The van der Waals surface area contributed by atoms with Gasteiger partial charge in [0.05, 0.1) is 22.0 Å². The van der Waals surface area contributed by atoms with Gasteiger partial charge in [0.25, 0.3) is 0 Å². The number of nitrogens with one attached hydrogen (secondary N) is 2. The van der Waals surface area contributed by atoms with Crippen LogP contribution < -0.4 is 4.72 Å². The van der Waals surface area contributed by atoms with E-state index in [9.17, 15) is 22.0 Å². The second-order valence-electron chi connectivity index (χ2n) is 7.48. The highest BCUT2D eigenvalue weighted by Crippen LogP contribution is 2.32. The molecule has 176 valence electrons. The molecule has 2 N–H and O–H groups in total. The number of halogens is 4. The van der Waals surface area contributed by atoms with Gasteiger partial charge in [0.1, 0.15) is 17.3 Å². The molecule has 4 rings (SSSR count). The number of anilines is 1. The first kappa shape index (κ1) is 23.8. The average Bonchev–Trinajstić information content (AvgIpc) is 3.19. The summed E-state index contributed by atoms with van der Waals surface area (Å²) < 4.78 is 69.2. The molecule has 34 heavy (non-hydrogen) atoms. The zero-order valence-electron chi connectivity index (χ0n) is 17.6. The number of aromatic nitrogens is 2. The maximum atomic E-state index is 15.1. The van der Waals surface area contributed by atoms with Crippen molar-refractivity contribution >= 4 is 44.1 Å². The molecule has 0 aliphatic heterocycles. The molecule has 11 heteroatoms. The minimum atomic E-state index is -3.87. The number of hydrogen-bond donors (Lipinski definition) is 2. The van der Waals surface area contributed by atoms with Crippen LogP contribution in [0.15, 0.2) is 48.8 Å². The van der Waals surface area contributed by atoms with Crippen LogP contribution in [0.3, 0.4) is 0 Å². The standard InChI is InChI=1S/C23H17ClF3N3O3S/c1-2-7-34(32,33)30-19-6-5-18(26)20(21(19)27)22(31)16-11-29-23-15(16)8-12(10-28-23)14-4-3-13(25)9-17(14)24/h3-6,8-11,30H,2,7H2,1H3,(H,28,29). The second-order valence-corrected chi connectivity index (χ2v) is 9.73. The zero-order chi connectivity index (χ0) is 24.6. The van der Waals surface area contributed by atoms with Gasteiger partial charge in [-0.05, 0) is 42.8 Å². The van der Waals surface area contributed by atoms with Crippen LogP contribution in [0.4, 0.5) is 18.9 Å². The van der Waals surface area contributed by atoms with Crippen LogP contribution in [-0.2, 0) is 10.0 Å². The van der Waals surface area contributed by atoms with Crippen LogP contribution in [0.25, 0.3) is 22.2 Å². The highest BCUT2D eigenvalue weighted by Gasteiger charge is 2.26. The Balaban J connectivity index is 1.80. The molecule has 0 bridgehead atoms. The van der Waals surface area contributed by atoms with Crippen LogP contribution in [0.5, 0.6) is 0 Å². The molecule has 2 aromatic heterocycles. The number of hydrogen-bond acceptors (Lipinski definition) is 4. The Labute approximate surface area is 197 Å². The van der Waals surface area contributed by atoms with Crippen molar-refractivity contribution in [1.29, 1.82) is 0 Å². The summed E-state index contributed by atoms with van der Waals surface area (Å²) >= 11 is 6.12. The van der Waals surface area contributed by atoms with Gasteiger partial charge in [-0.1, -0.05) is 18.5 Å². The van der Waals surface area contributed by atoms with Crippen molar-refractivity contribution in [3.05, 3.63) is 82.4 Å². The smallest absolute Gasteiger partial charge is 0.232 e. The number of carbonyl (C=O) groups is 1. The molecular weight excluding hydrogens is 491 g/mol. The van der Waals surface area contributed by atoms with Gasteiger partial charge in [0.2, 0.25) is 15.8 Å². The van der Waals surface area contributed by atoms with Crippen molar-refractivity contribution in [2.75, 3.05) is 10.5 Å². The maximum Gasteiger partial charge on any atom is 0.232 e. The lowest BCUT2D eigenvalue weighted by Crippen LogP contribution is -2.18. The predicted molar refractivity (Wildman–Crippen MR) is 124 cm³/mol. The van der Waals surface area contributed by atoms with Crippen molar-refractivity contribution in [2.45, 2.75) is 13.3 Å². The summed E-state index contributed by atoms with van der Waals surface area (Å²) in [7, 11) is -3.87. The first-order chi connectivity index (χ1) is 16.1. The second kappa shape index (κ2) is 9.11. The number of carbonyl (C=O) groups excluding carboxylic acids is 1.